The molecule has 26 aromatic rings. The quantitative estimate of drug-likeness (QED) is 0.118. The first kappa shape index (κ1) is 74.0. The second-order valence-corrected chi connectivity index (χ2v) is 34.4. The van der Waals surface area contributed by atoms with E-state index in [1.165, 1.54) is 83.7 Å². The standard InChI is InChI=1S/C58H35N5S.C58H34N4OS/c1-2-14-38(15-3-1)56-60-57(62-58(61-56)40-29-32-42(33-30-40)63-50-22-9-6-18-44(50)45-19-7-10-23-51(45)63)39-27-25-36(26-28-39)41-31-34-49-48(35-41)53-47-20-8-11-24-52(47)64-55(53)54(59-49)46-21-12-16-37-13-4-5-17-43(37)46;1-2-14-37(15-3-1)56-60-57(38-29-27-36(28-30-38)43-22-12-24-46-44-20-6-8-25-50(44)63-54(43)46)62-58(61-56)41-18-10-17-39(33-41)40-31-32-49-48(34-40)52-47-21-7-9-26-51(47)64-55(52)53(59-49)45-23-11-16-35-13-4-5-19-42(35)45/h1-35H;1-34H. The predicted molar refractivity (Wildman–Crippen MR) is 532 cm³/mol. The molecular formula is C116H69N9OS2. The number of hydrogen-bond donors (Lipinski definition) is 0. The van der Waals surface area contributed by atoms with Gasteiger partial charge in [-0.15, -0.1) is 22.7 Å². The van der Waals surface area contributed by atoms with E-state index in [9.17, 15) is 0 Å². The maximum atomic E-state index is 6.38. The van der Waals surface area contributed by atoms with Crippen LogP contribution in [0.25, 0.3) is 257 Å². The van der Waals surface area contributed by atoms with E-state index in [1.54, 1.807) is 0 Å². The molecule has 12 heteroatoms. The number of pyridine rings is 2. The first-order valence-electron chi connectivity index (χ1n) is 42.8. The summed E-state index contributed by atoms with van der Waals surface area (Å²) in [6.45, 7) is 0. The van der Waals surface area contributed by atoms with Gasteiger partial charge in [0.1, 0.15) is 11.2 Å². The maximum absolute atomic E-state index is 6.38. The topological polar surface area (TPSA) is 121 Å². The number of furan rings is 1. The first-order valence-corrected chi connectivity index (χ1v) is 44.5. The molecule has 8 heterocycles. The van der Waals surface area contributed by atoms with E-state index in [2.05, 4.69) is 350 Å². The fourth-order valence-corrected chi connectivity index (χ4v) is 21.1. The normalized spacial score (nSPS) is 11.8. The van der Waals surface area contributed by atoms with Crippen molar-refractivity contribution in [2.75, 3.05) is 0 Å². The number of nitrogens with zero attached hydrogens (tertiary/aromatic N) is 9. The van der Waals surface area contributed by atoms with Crippen LogP contribution in [0.15, 0.2) is 423 Å². The summed E-state index contributed by atoms with van der Waals surface area (Å²) in [5.41, 5.74) is 23.5. The molecule has 0 fully saturated rings. The highest BCUT2D eigenvalue weighted by molar-refractivity contribution is 7.27. The summed E-state index contributed by atoms with van der Waals surface area (Å²) in [5, 5.41) is 16.8. The minimum atomic E-state index is 0.605. The van der Waals surface area contributed by atoms with E-state index in [0.717, 1.165) is 139 Å². The van der Waals surface area contributed by atoms with Crippen LogP contribution in [-0.4, -0.2) is 44.4 Å². The van der Waals surface area contributed by atoms with Crippen molar-refractivity contribution in [2.45, 2.75) is 0 Å². The summed E-state index contributed by atoms with van der Waals surface area (Å²) in [5.74, 6) is 3.71. The van der Waals surface area contributed by atoms with Gasteiger partial charge < -0.3 is 8.98 Å². The molecule has 0 atom stereocenters. The molecule has 128 heavy (non-hydrogen) atoms. The third kappa shape index (κ3) is 12.8. The predicted octanol–water partition coefficient (Wildman–Crippen LogP) is 31.2. The molecule has 0 spiro atoms. The van der Waals surface area contributed by atoms with Crippen LogP contribution in [0, 0.1) is 0 Å². The lowest BCUT2D eigenvalue weighted by molar-refractivity contribution is 0.670. The highest BCUT2D eigenvalue weighted by atomic mass is 32.1. The number of hydrogen-bond acceptors (Lipinski definition) is 11. The van der Waals surface area contributed by atoms with Gasteiger partial charge in [0.05, 0.1) is 42.9 Å². The van der Waals surface area contributed by atoms with Gasteiger partial charge in [0.15, 0.2) is 34.9 Å². The number of aromatic nitrogens is 9. The van der Waals surface area contributed by atoms with Crippen LogP contribution in [0.4, 0.5) is 0 Å². The number of para-hydroxylation sites is 4. The van der Waals surface area contributed by atoms with Gasteiger partial charge in [-0.2, -0.15) is 0 Å². The van der Waals surface area contributed by atoms with E-state index >= 15 is 0 Å². The highest BCUT2D eigenvalue weighted by Crippen LogP contribution is 2.49. The number of rotatable bonds is 12. The Balaban J connectivity index is 0.000000139. The Hall–Kier alpha value is -16.6. The van der Waals surface area contributed by atoms with E-state index in [4.69, 9.17) is 44.3 Å². The summed E-state index contributed by atoms with van der Waals surface area (Å²) >= 11 is 3.64. The van der Waals surface area contributed by atoms with Crippen molar-refractivity contribution < 1.29 is 4.42 Å². The monoisotopic (exact) mass is 1670 g/mol. The zero-order valence-corrected chi connectivity index (χ0v) is 70.2. The second kappa shape index (κ2) is 30.7. The highest BCUT2D eigenvalue weighted by Gasteiger charge is 2.24. The first-order chi connectivity index (χ1) is 63.4. The van der Waals surface area contributed by atoms with Gasteiger partial charge in [-0.05, 0) is 134 Å². The molecule has 8 aromatic heterocycles. The summed E-state index contributed by atoms with van der Waals surface area (Å²) in [6, 6.07) is 147. The molecule has 0 aliphatic rings. The molecule has 0 unspecified atom stereocenters. The van der Waals surface area contributed by atoms with Gasteiger partial charge in [-0.25, -0.2) is 39.9 Å². The molecule has 0 radical (unpaired) electrons. The second-order valence-electron chi connectivity index (χ2n) is 32.3. The largest absolute Gasteiger partial charge is 0.455 e. The molecule has 0 bridgehead atoms. The number of benzene rings is 18. The summed E-state index contributed by atoms with van der Waals surface area (Å²) in [4.78, 5) is 41.3. The zero-order valence-electron chi connectivity index (χ0n) is 68.6. The van der Waals surface area contributed by atoms with Crippen LogP contribution >= 0.6 is 22.7 Å². The number of thiophene rings is 2. The molecule has 0 aliphatic carbocycles. The van der Waals surface area contributed by atoms with Crippen molar-refractivity contribution in [3.05, 3.63) is 419 Å². The van der Waals surface area contributed by atoms with Crippen molar-refractivity contribution >= 4 is 150 Å². The molecular weight excluding hydrogens is 1600 g/mol. The molecule has 26 rings (SSSR count). The number of fused-ring (bicyclic) bond motifs is 18. The van der Waals surface area contributed by atoms with E-state index in [-0.39, 0.29) is 0 Å². The maximum Gasteiger partial charge on any atom is 0.164 e. The van der Waals surface area contributed by atoms with Crippen molar-refractivity contribution in [1.82, 2.24) is 44.4 Å². The lowest BCUT2D eigenvalue weighted by Gasteiger charge is -2.12. The van der Waals surface area contributed by atoms with E-state index in [0.29, 0.717) is 34.9 Å². The Morgan fingerprint density at radius 1 is 0.211 bits per heavy atom. The van der Waals surface area contributed by atoms with Crippen LogP contribution in [0.3, 0.4) is 0 Å². The zero-order chi connectivity index (χ0) is 84.3. The van der Waals surface area contributed by atoms with Gasteiger partial charge in [-0.1, -0.05) is 334 Å². The molecule has 0 aliphatic heterocycles. The van der Waals surface area contributed by atoms with Crippen LogP contribution in [0.2, 0.25) is 0 Å². The Labute approximate surface area is 742 Å². The van der Waals surface area contributed by atoms with Crippen molar-refractivity contribution in [3.63, 3.8) is 0 Å². The summed E-state index contributed by atoms with van der Waals surface area (Å²) in [7, 11) is 0. The van der Waals surface area contributed by atoms with Crippen molar-refractivity contribution in [3.8, 4) is 130 Å². The van der Waals surface area contributed by atoms with Gasteiger partial charge >= 0.3 is 0 Å². The van der Waals surface area contributed by atoms with Crippen LogP contribution in [0.1, 0.15) is 0 Å². The lowest BCUT2D eigenvalue weighted by Crippen LogP contribution is -2.00. The Bertz CT molecular complexity index is 8890. The minimum Gasteiger partial charge on any atom is -0.455 e. The Kier molecular flexibility index (Phi) is 17.8. The summed E-state index contributed by atoms with van der Waals surface area (Å²) < 4.78 is 13.6. The van der Waals surface area contributed by atoms with Crippen LogP contribution in [0.5, 0.6) is 0 Å². The molecule has 0 N–H and O–H groups in total. The fraction of sp³-hybridized carbons (Fsp3) is 0. The minimum absolute atomic E-state index is 0.605. The van der Waals surface area contributed by atoms with E-state index in [1.807, 2.05) is 95.5 Å². The SMILES string of the molecule is c1ccc(-c2nc(-c3ccc(-c4ccc5nc(-c6cccc7ccccc67)c6sc7ccccc7c6c5c4)cc3)nc(-c3ccc(-n4c5ccccc5c5ccccc54)cc3)n2)cc1.c1ccc(-c2nc(-c3ccc(-c4cccc5c4oc4ccccc45)cc3)nc(-c3cccc(-c4ccc5nc(-c6cccc7ccccc67)c6sc7ccccc7c6c5c4)c3)n2)cc1. The van der Waals surface area contributed by atoms with Crippen LogP contribution < -0.4 is 0 Å². The van der Waals surface area contributed by atoms with Crippen molar-refractivity contribution in [2.24, 2.45) is 0 Å². The summed E-state index contributed by atoms with van der Waals surface area (Å²) in [6.07, 6.45) is 0. The molecule has 0 saturated heterocycles. The average Bonchev–Trinajstić information content (AvgIpc) is 1.55. The van der Waals surface area contributed by atoms with Gasteiger partial charge in [-0.3, -0.25) is 0 Å². The van der Waals surface area contributed by atoms with E-state index < -0.39 is 0 Å². The van der Waals surface area contributed by atoms with Gasteiger partial charge in [0.25, 0.3) is 0 Å². The lowest BCUT2D eigenvalue weighted by atomic mass is 9.96. The van der Waals surface area contributed by atoms with Crippen LogP contribution in [-0.2, 0) is 0 Å². The van der Waals surface area contributed by atoms with Gasteiger partial charge in [0, 0.05) is 119 Å². The molecule has 18 aromatic carbocycles. The Morgan fingerprint density at radius 3 is 1.08 bits per heavy atom. The molecule has 0 amide bonds. The third-order valence-electron chi connectivity index (χ3n) is 24.8. The third-order valence-corrected chi connectivity index (χ3v) is 27.1. The molecule has 10 nitrogen and oxygen atoms in total. The molecule has 596 valence electrons. The smallest absolute Gasteiger partial charge is 0.164 e. The Morgan fingerprint density at radius 2 is 0.555 bits per heavy atom. The van der Waals surface area contributed by atoms with Gasteiger partial charge in [0.2, 0.25) is 0 Å². The average molecular weight is 1670 g/mol. The molecule has 0 saturated carbocycles. The van der Waals surface area contributed by atoms with Crippen molar-refractivity contribution in [1.29, 1.82) is 0 Å². The fourth-order valence-electron chi connectivity index (χ4n) is 18.6.